The number of nitrogens with one attached hydrogen (secondary N) is 2. The summed E-state index contributed by atoms with van der Waals surface area (Å²) in [5.41, 5.74) is 1.84. The lowest BCUT2D eigenvalue weighted by atomic mass is 10.1. The van der Waals surface area contributed by atoms with Gasteiger partial charge in [-0.25, -0.2) is 9.97 Å². The third kappa shape index (κ3) is 4.93. The molecule has 0 saturated carbocycles. The van der Waals surface area contributed by atoms with E-state index in [1.165, 1.54) is 13.3 Å². The van der Waals surface area contributed by atoms with Gasteiger partial charge in [0.05, 0.1) is 29.7 Å². The number of methoxy groups -OCH3 is 1. The van der Waals surface area contributed by atoms with Crippen molar-refractivity contribution in [3.05, 3.63) is 35.7 Å². The largest absolute Gasteiger partial charge is 0.497 e. The van der Waals surface area contributed by atoms with Gasteiger partial charge in [-0.2, -0.15) is 0 Å². The number of carbonyl (C=O) groups excluding carboxylic acids is 2. The SMILES string of the molecule is COc1ccc(NC(=O)C(C)C)c(NC(=O)c2cnc(N(C)C)nc2C)c1. The Morgan fingerprint density at radius 2 is 1.85 bits per heavy atom. The highest BCUT2D eigenvalue weighted by Crippen LogP contribution is 2.28. The molecule has 0 bridgehead atoms. The van der Waals surface area contributed by atoms with Crippen LogP contribution < -0.4 is 20.3 Å². The van der Waals surface area contributed by atoms with Crippen LogP contribution in [0, 0.1) is 12.8 Å². The van der Waals surface area contributed by atoms with Crippen LogP contribution in [0.2, 0.25) is 0 Å². The molecule has 0 saturated heterocycles. The molecule has 2 aromatic rings. The number of amides is 2. The molecule has 8 heteroatoms. The fraction of sp³-hybridized carbons (Fsp3) is 0.368. The molecule has 1 aromatic heterocycles. The zero-order chi connectivity index (χ0) is 20.1. The first kappa shape index (κ1) is 20.2. The lowest BCUT2D eigenvalue weighted by Gasteiger charge is -2.16. The van der Waals surface area contributed by atoms with Crippen LogP contribution in [-0.2, 0) is 4.79 Å². The Morgan fingerprint density at radius 3 is 2.41 bits per heavy atom. The minimum Gasteiger partial charge on any atom is -0.497 e. The van der Waals surface area contributed by atoms with Crippen LogP contribution in [-0.4, -0.2) is 43.0 Å². The van der Waals surface area contributed by atoms with Crippen molar-refractivity contribution < 1.29 is 14.3 Å². The minimum atomic E-state index is -0.369. The minimum absolute atomic E-state index is 0.148. The van der Waals surface area contributed by atoms with Crippen LogP contribution in [0.1, 0.15) is 29.9 Å². The van der Waals surface area contributed by atoms with Crippen molar-refractivity contribution in [3.63, 3.8) is 0 Å². The number of anilines is 3. The summed E-state index contributed by atoms with van der Waals surface area (Å²) < 4.78 is 5.22. The summed E-state index contributed by atoms with van der Waals surface area (Å²) in [4.78, 5) is 35.1. The summed E-state index contributed by atoms with van der Waals surface area (Å²) in [5, 5.41) is 5.62. The lowest BCUT2D eigenvalue weighted by Crippen LogP contribution is -2.21. The Labute approximate surface area is 159 Å². The van der Waals surface area contributed by atoms with E-state index in [9.17, 15) is 9.59 Å². The van der Waals surface area contributed by atoms with E-state index in [1.54, 1.807) is 43.9 Å². The maximum Gasteiger partial charge on any atom is 0.259 e. The molecule has 0 aliphatic rings. The van der Waals surface area contributed by atoms with Crippen molar-refractivity contribution in [3.8, 4) is 5.75 Å². The Bertz CT molecular complexity index is 849. The van der Waals surface area contributed by atoms with Crippen molar-refractivity contribution in [1.29, 1.82) is 0 Å². The number of ether oxygens (including phenoxy) is 1. The first-order chi connectivity index (χ1) is 12.7. The third-order valence-electron chi connectivity index (χ3n) is 3.87. The molecule has 8 nitrogen and oxygen atoms in total. The number of hydrogen-bond acceptors (Lipinski definition) is 6. The Hall–Kier alpha value is -3.16. The molecular weight excluding hydrogens is 346 g/mol. The van der Waals surface area contributed by atoms with Gasteiger partial charge in [0, 0.05) is 32.3 Å². The summed E-state index contributed by atoms with van der Waals surface area (Å²) in [6, 6.07) is 5.05. The molecule has 0 spiro atoms. The standard InChI is InChI=1S/C19H25N5O3/c1-11(2)17(25)22-15-8-7-13(27-6)9-16(15)23-18(26)14-10-20-19(24(4)5)21-12(14)3/h7-11H,1-6H3,(H,22,25)(H,23,26). The highest BCUT2D eigenvalue weighted by Gasteiger charge is 2.17. The Balaban J connectivity index is 2.32. The van der Waals surface area contributed by atoms with E-state index in [2.05, 4.69) is 20.6 Å². The quantitative estimate of drug-likeness (QED) is 0.810. The van der Waals surface area contributed by atoms with Crippen LogP contribution >= 0.6 is 0 Å². The number of rotatable bonds is 6. The maximum absolute atomic E-state index is 12.7. The molecule has 2 rings (SSSR count). The van der Waals surface area contributed by atoms with Crippen LogP contribution in [0.4, 0.5) is 17.3 Å². The molecule has 0 fully saturated rings. The molecule has 0 radical (unpaired) electrons. The smallest absolute Gasteiger partial charge is 0.259 e. The molecular formula is C19H25N5O3. The summed E-state index contributed by atoms with van der Waals surface area (Å²) in [7, 11) is 5.19. The average Bonchev–Trinajstić information content (AvgIpc) is 2.62. The van der Waals surface area contributed by atoms with Crippen LogP contribution in [0.3, 0.4) is 0 Å². The fourth-order valence-corrected chi connectivity index (χ4v) is 2.22. The molecule has 144 valence electrons. The second-order valence-corrected chi connectivity index (χ2v) is 6.57. The van der Waals surface area contributed by atoms with Gasteiger partial charge in [0.15, 0.2) is 0 Å². The van der Waals surface area contributed by atoms with Crippen LogP contribution in [0.25, 0.3) is 0 Å². The number of carbonyl (C=O) groups is 2. The highest BCUT2D eigenvalue weighted by molar-refractivity contribution is 6.08. The maximum atomic E-state index is 12.7. The number of hydrogen-bond donors (Lipinski definition) is 2. The van der Waals surface area contributed by atoms with Crippen LogP contribution in [0.5, 0.6) is 5.75 Å². The zero-order valence-electron chi connectivity index (χ0n) is 16.5. The molecule has 0 aliphatic heterocycles. The van der Waals surface area contributed by atoms with Gasteiger partial charge in [0.25, 0.3) is 5.91 Å². The predicted octanol–water partition coefficient (Wildman–Crippen LogP) is 2.71. The monoisotopic (exact) mass is 371 g/mol. The van der Waals surface area contributed by atoms with Gasteiger partial charge in [-0.05, 0) is 19.1 Å². The molecule has 0 unspecified atom stereocenters. The molecule has 1 aromatic carbocycles. The molecule has 0 aliphatic carbocycles. The van der Waals surface area contributed by atoms with E-state index < -0.39 is 0 Å². The Kier molecular flexibility index (Phi) is 6.33. The van der Waals surface area contributed by atoms with Gasteiger partial charge < -0.3 is 20.3 Å². The average molecular weight is 371 g/mol. The lowest BCUT2D eigenvalue weighted by molar-refractivity contribution is -0.118. The van der Waals surface area contributed by atoms with E-state index in [0.29, 0.717) is 34.3 Å². The first-order valence-electron chi connectivity index (χ1n) is 8.54. The first-order valence-corrected chi connectivity index (χ1v) is 8.54. The van der Waals surface area contributed by atoms with E-state index in [-0.39, 0.29) is 17.7 Å². The van der Waals surface area contributed by atoms with Crippen molar-refractivity contribution in [1.82, 2.24) is 9.97 Å². The normalized spacial score (nSPS) is 10.5. The van der Waals surface area contributed by atoms with Gasteiger partial charge in [0.1, 0.15) is 5.75 Å². The topological polar surface area (TPSA) is 96.5 Å². The molecule has 2 amide bonds. The van der Waals surface area contributed by atoms with E-state index in [1.807, 2.05) is 14.1 Å². The third-order valence-corrected chi connectivity index (χ3v) is 3.87. The van der Waals surface area contributed by atoms with Gasteiger partial charge in [-0.3, -0.25) is 9.59 Å². The van der Waals surface area contributed by atoms with Crippen molar-refractivity contribution >= 4 is 29.1 Å². The van der Waals surface area contributed by atoms with E-state index in [0.717, 1.165) is 0 Å². The molecule has 1 heterocycles. The molecule has 27 heavy (non-hydrogen) atoms. The summed E-state index contributed by atoms with van der Waals surface area (Å²) in [6.45, 7) is 5.34. The highest BCUT2D eigenvalue weighted by atomic mass is 16.5. The molecule has 0 atom stereocenters. The van der Waals surface area contributed by atoms with Crippen molar-refractivity contribution in [2.75, 3.05) is 36.7 Å². The van der Waals surface area contributed by atoms with Crippen molar-refractivity contribution in [2.24, 2.45) is 5.92 Å². The number of nitrogens with zero attached hydrogens (tertiary/aromatic N) is 3. The zero-order valence-corrected chi connectivity index (χ0v) is 16.5. The van der Waals surface area contributed by atoms with Gasteiger partial charge >= 0.3 is 0 Å². The number of benzene rings is 1. The second-order valence-electron chi connectivity index (χ2n) is 6.57. The number of aryl methyl sites for hydroxylation is 1. The van der Waals surface area contributed by atoms with Gasteiger partial charge in [-0.1, -0.05) is 13.8 Å². The van der Waals surface area contributed by atoms with Gasteiger partial charge in [-0.15, -0.1) is 0 Å². The predicted molar refractivity (Wildman–Crippen MR) is 106 cm³/mol. The fourth-order valence-electron chi connectivity index (χ4n) is 2.22. The van der Waals surface area contributed by atoms with Crippen molar-refractivity contribution in [2.45, 2.75) is 20.8 Å². The number of aromatic nitrogens is 2. The second kappa shape index (κ2) is 8.48. The van der Waals surface area contributed by atoms with E-state index in [4.69, 9.17) is 4.74 Å². The summed E-state index contributed by atoms with van der Waals surface area (Å²) in [6.07, 6.45) is 1.49. The Morgan fingerprint density at radius 1 is 1.15 bits per heavy atom. The summed E-state index contributed by atoms with van der Waals surface area (Å²) in [5.74, 6) is 0.376. The summed E-state index contributed by atoms with van der Waals surface area (Å²) >= 11 is 0. The van der Waals surface area contributed by atoms with Gasteiger partial charge in [0.2, 0.25) is 11.9 Å². The molecule has 2 N–H and O–H groups in total. The van der Waals surface area contributed by atoms with Crippen LogP contribution in [0.15, 0.2) is 24.4 Å². The van der Waals surface area contributed by atoms with E-state index >= 15 is 0 Å².